The first-order valence-corrected chi connectivity index (χ1v) is 8.02. The Labute approximate surface area is 121 Å². The highest BCUT2D eigenvalue weighted by atomic mass is 16.5. The number of hydrogen-bond donors (Lipinski definition) is 1. The zero-order chi connectivity index (χ0) is 13.9. The normalized spacial score (nSPS) is 24.4. The van der Waals surface area contributed by atoms with Crippen LogP contribution in [-0.2, 0) is 6.54 Å². The first-order valence-electron chi connectivity index (χ1n) is 8.02. The van der Waals surface area contributed by atoms with Gasteiger partial charge in [0.15, 0.2) is 5.82 Å². The number of hydrogen-bond acceptors (Lipinski definition) is 5. The van der Waals surface area contributed by atoms with Gasteiger partial charge in [-0.15, -0.1) is 0 Å². The average Bonchev–Trinajstić information content (AvgIpc) is 3.15. The summed E-state index contributed by atoms with van der Waals surface area (Å²) in [5.41, 5.74) is 0. The molecule has 0 aromatic carbocycles. The molecule has 1 unspecified atom stereocenters. The summed E-state index contributed by atoms with van der Waals surface area (Å²) in [5, 5.41) is 7.72. The van der Waals surface area contributed by atoms with Crippen molar-refractivity contribution in [2.24, 2.45) is 0 Å². The summed E-state index contributed by atoms with van der Waals surface area (Å²) in [6.07, 6.45) is 6.62. The molecule has 1 aromatic rings. The maximum atomic E-state index is 5.39. The fourth-order valence-corrected chi connectivity index (χ4v) is 2.83. The minimum atomic E-state index is 0.334. The summed E-state index contributed by atoms with van der Waals surface area (Å²) in [6, 6.07) is 1.41. The van der Waals surface area contributed by atoms with Gasteiger partial charge in [0, 0.05) is 24.5 Å². The molecule has 1 saturated carbocycles. The van der Waals surface area contributed by atoms with Gasteiger partial charge >= 0.3 is 0 Å². The highest BCUT2D eigenvalue weighted by Crippen LogP contribution is 2.22. The summed E-state index contributed by atoms with van der Waals surface area (Å²) in [4.78, 5) is 7.02. The van der Waals surface area contributed by atoms with Crippen molar-refractivity contribution in [3.05, 3.63) is 11.7 Å². The summed E-state index contributed by atoms with van der Waals surface area (Å²) in [7, 11) is 0. The van der Waals surface area contributed by atoms with Gasteiger partial charge in [0.05, 0.1) is 6.54 Å². The van der Waals surface area contributed by atoms with Crippen LogP contribution in [0.3, 0.4) is 0 Å². The summed E-state index contributed by atoms with van der Waals surface area (Å²) >= 11 is 0. The number of nitrogens with zero attached hydrogens (tertiary/aromatic N) is 3. The minimum absolute atomic E-state index is 0.334. The molecule has 0 spiro atoms. The second kappa shape index (κ2) is 6.22. The number of nitrogens with one attached hydrogen (secondary N) is 1. The largest absolute Gasteiger partial charge is 0.338 e. The van der Waals surface area contributed by atoms with Crippen LogP contribution < -0.4 is 5.32 Å². The lowest BCUT2D eigenvalue weighted by atomic mass is 10.0. The molecule has 5 nitrogen and oxygen atoms in total. The van der Waals surface area contributed by atoms with E-state index in [1.807, 2.05) is 0 Å². The maximum Gasteiger partial charge on any atom is 0.240 e. The van der Waals surface area contributed by atoms with Crippen molar-refractivity contribution in [2.45, 2.75) is 70.5 Å². The standard InChI is InChI=1S/C15H26N4O/c1-11(2)15-17-14(20-18-15)10-19-8-4-3-5-13(19)9-16-12-6-7-12/h11-13,16H,3-10H2,1-2H3. The molecule has 0 amide bonds. The third-order valence-electron chi connectivity index (χ3n) is 4.31. The van der Waals surface area contributed by atoms with Gasteiger partial charge in [-0.05, 0) is 32.2 Å². The van der Waals surface area contributed by atoms with Crippen LogP contribution in [0.5, 0.6) is 0 Å². The third kappa shape index (κ3) is 3.58. The van der Waals surface area contributed by atoms with E-state index >= 15 is 0 Å². The van der Waals surface area contributed by atoms with Crippen LogP contribution in [0.2, 0.25) is 0 Å². The van der Waals surface area contributed by atoms with E-state index < -0.39 is 0 Å². The van der Waals surface area contributed by atoms with E-state index in [2.05, 4.69) is 34.2 Å². The highest BCUT2D eigenvalue weighted by Gasteiger charge is 2.27. The molecule has 1 aromatic heterocycles. The van der Waals surface area contributed by atoms with Crippen molar-refractivity contribution >= 4 is 0 Å². The zero-order valence-corrected chi connectivity index (χ0v) is 12.6. The molecule has 1 saturated heterocycles. The Kier molecular flexibility index (Phi) is 4.36. The van der Waals surface area contributed by atoms with Gasteiger partial charge in [0.2, 0.25) is 5.89 Å². The molecule has 3 rings (SSSR count). The van der Waals surface area contributed by atoms with E-state index in [0.717, 1.165) is 37.4 Å². The third-order valence-corrected chi connectivity index (χ3v) is 4.31. The Hall–Kier alpha value is -0.940. The Balaban J connectivity index is 1.56. The molecule has 112 valence electrons. The Morgan fingerprint density at radius 1 is 1.30 bits per heavy atom. The molecule has 2 fully saturated rings. The number of piperidine rings is 1. The van der Waals surface area contributed by atoms with Gasteiger partial charge < -0.3 is 9.84 Å². The molecule has 20 heavy (non-hydrogen) atoms. The van der Waals surface area contributed by atoms with Gasteiger partial charge in [-0.1, -0.05) is 25.4 Å². The number of likely N-dealkylation sites (tertiary alicyclic amines) is 1. The molecule has 5 heteroatoms. The van der Waals surface area contributed by atoms with E-state index in [9.17, 15) is 0 Å². The van der Waals surface area contributed by atoms with Crippen LogP contribution in [0.25, 0.3) is 0 Å². The average molecular weight is 278 g/mol. The van der Waals surface area contributed by atoms with Gasteiger partial charge in [-0.25, -0.2) is 0 Å². The van der Waals surface area contributed by atoms with E-state index in [0.29, 0.717) is 12.0 Å². The van der Waals surface area contributed by atoms with Crippen molar-refractivity contribution < 1.29 is 4.52 Å². The molecule has 1 aliphatic carbocycles. The minimum Gasteiger partial charge on any atom is -0.338 e. The molecular weight excluding hydrogens is 252 g/mol. The first-order chi connectivity index (χ1) is 9.72. The lowest BCUT2D eigenvalue weighted by Crippen LogP contribution is -2.45. The summed E-state index contributed by atoms with van der Waals surface area (Å²) < 4.78 is 5.39. The van der Waals surface area contributed by atoms with Crippen molar-refractivity contribution in [3.63, 3.8) is 0 Å². The summed E-state index contributed by atoms with van der Waals surface area (Å²) in [6.45, 7) is 7.25. The van der Waals surface area contributed by atoms with Crippen LogP contribution in [0.15, 0.2) is 4.52 Å². The molecule has 0 radical (unpaired) electrons. The van der Waals surface area contributed by atoms with Gasteiger partial charge in [0.25, 0.3) is 0 Å². The van der Waals surface area contributed by atoms with Crippen molar-refractivity contribution in [3.8, 4) is 0 Å². The fraction of sp³-hybridized carbons (Fsp3) is 0.867. The van der Waals surface area contributed by atoms with Crippen LogP contribution in [0.4, 0.5) is 0 Å². The van der Waals surface area contributed by atoms with E-state index in [1.165, 1.54) is 32.1 Å². The fourth-order valence-electron chi connectivity index (χ4n) is 2.83. The molecule has 2 heterocycles. The molecule has 2 aliphatic rings. The monoisotopic (exact) mass is 278 g/mol. The quantitative estimate of drug-likeness (QED) is 0.865. The first kappa shape index (κ1) is 14.0. The molecule has 0 bridgehead atoms. The predicted molar refractivity (Wildman–Crippen MR) is 77.5 cm³/mol. The zero-order valence-electron chi connectivity index (χ0n) is 12.6. The van der Waals surface area contributed by atoms with Gasteiger partial charge in [-0.3, -0.25) is 4.90 Å². The van der Waals surface area contributed by atoms with E-state index in [1.54, 1.807) is 0 Å². The molecule has 1 aliphatic heterocycles. The molecule has 1 atom stereocenters. The van der Waals surface area contributed by atoms with Crippen LogP contribution in [0, 0.1) is 0 Å². The smallest absolute Gasteiger partial charge is 0.240 e. The Morgan fingerprint density at radius 3 is 2.85 bits per heavy atom. The lowest BCUT2D eigenvalue weighted by molar-refractivity contribution is 0.121. The number of aromatic nitrogens is 2. The van der Waals surface area contributed by atoms with Crippen molar-refractivity contribution in [1.29, 1.82) is 0 Å². The van der Waals surface area contributed by atoms with Crippen LogP contribution in [0.1, 0.15) is 63.6 Å². The highest BCUT2D eigenvalue weighted by molar-refractivity contribution is 4.93. The Morgan fingerprint density at radius 2 is 2.15 bits per heavy atom. The van der Waals surface area contributed by atoms with Gasteiger partial charge in [0.1, 0.15) is 0 Å². The maximum absolute atomic E-state index is 5.39. The predicted octanol–water partition coefficient (Wildman–Crippen LogP) is 2.30. The lowest BCUT2D eigenvalue weighted by Gasteiger charge is -2.34. The van der Waals surface area contributed by atoms with E-state index in [4.69, 9.17) is 4.52 Å². The molecule has 1 N–H and O–H groups in total. The van der Waals surface area contributed by atoms with Crippen molar-refractivity contribution in [1.82, 2.24) is 20.4 Å². The van der Waals surface area contributed by atoms with Crippen molar-refractivity contribution in [2.75, 3.05) is 13.1 Å². The second-order valence-corrected chi connectivity index (χ2v) is 6.50. The second-order valence-electron chi connectivity index (χ2n) is 6.50. The van der Waals surface area contributed by atoms with Crippen LogP contribution in [-0.4, -0.2) is 40.2 Å². The SMILES string of the molecule is CC(C)c1noc(CN2CCCCC2CNC2CC2)n1. The van der Waals surface area contributed by atoms with Crippen LogP contribution >= 0.6 is 0 Å². The van der Waals surface area contributed by atoms with E-state index in [-0.39, 0.29) is 0 Å². The summed E-state index contributed by atoms with van der Waals surface area (Å²) in [5.74, 6) is 1.93. The number of rotatable bonds is 6. The Bertz CT molecular complexity index is 427. The molecular formula is C15H26N4O. The topological polar surface area (TPSA) is 54.2 Å². The van der Waals surface area contributed by atoms with Gasteiger partial charge in [-0.2, -0.15) is 4.98 Å².